The molecule has 0 N–H and O–H groups in total. The quantitative estimate of drug-likeness (QED) is 0.674. The zero-order chi connectivity index (χ0) is 13.1. The first-order valence-corrected chi connectivity index (χ1v) is 6.55. The molecule has 0 heteroatoms. The first-order chi connectivity index (χ1) is 9.33. The van der Waals surface area contributed by atoms with Gasteiger partial charge < -0.3 is 0 Å². The Hall–Kier alpha value is -1.69. The highest BCUT2D eigenvalue weighted by molar-refractivity contribution is 5.61. The molecule has 0 atom stereocenters. The summed E-state index contributed by atoms with van der Waals surface area (Å²) in [4.78, 5) is 0. The van der Waals surface area contributed by atoms with Gasteiger partial charge in [-0.1, -0.05) is 30.3 Å². The highest BCUT2D eigenvalue weighted by Crippen LogP contribution is 2.40. The fraction of sp³-hybridized carbons (Fsp3) is 0.0526. The topological polar surface area (TPSA) is 0 Å². The van der Waals surface area contributed by atoms with E-state index >= 15 is 0 Å². The first-order valence-electron chi connectivity index (χ1n) is 6.55. The van der Waals surface area contributed by atoms with E-state index in [1.807, 2.05) is 0 Å². The van der Waals surface area contributed by atoms with Crippen molar-refractivity contribution < 1.29 is 0 Å². The van der Waals surface area contributed by atoms with Crippen molar-refractivity contribution in [3.05, 3.63) is 109 Å². The van der Waals surface area contributed by atoms with Gasteiger partial charge in [0.1, 0.15) is 0 Å². The summed E-state index contributed by atoms with van der Waals surface area (Å²) in [5, 5.41) is 0. The molecule has 0 nitrogen and oxygen atoms in total. The summed E-state index contributed by atoms with van der Waals surface area (Å²) in [6.45, 7) is 2.11. The molecular formula is C19H16+. The molecule has 0 aliphatic heterocycles. The van der Waals surface area contributed by atoms with Gasteiger partial charge in [-0.2, -0.15) is 0 Å². The molecule has 19 heavy (non-hydrogen) atoms. The maximum absolute atomic E-state index is 2.24. The highest BCUT2D eigenvalue weighted by Gasteiger charge is 2.31. The second-order valence-electron chi connectivity index (χ2n) is 4.82. The van der Waals surface area contributed by atoms with Crippen molar-refractivity contribution in [2.75, 3.05) is 0 Å². The third-order valence-electron chi connectivity index (χ3n) is 3.33. The van der Waals surface area contributed by atoms with Gasteiger partial charge in [-0.3, -0.25) is 0 Å². The lowest BCUT2D eigenvalue weighted by atomic mass is 9.86. The van der Waals surface area contributed by atoms with Crippen LogP contribution in [-0.2, 0) is 0 Å². The molecule has 1 aromatic carbocycles. The normalized spacial score (nSPS) is 22.6. The maximum Gasteiger partial charge on any atom is 0.0924 e. The summed E-state index contributed by atoms with van der Waals surface area (Å²) >= 11 is 0. The van der Waals surface area contributed by atoms with Gasteiger partial charge in [0.15, 0.2) is 0 Å². The van der Waals surface area contributed by atoms with E-state index in [0.717, 1.165) is 0 Å². The van der Waals surface area contributed by atoms with Crippen molar-refractivity contribution in [2.24, 2.45) is 0 Å². The van der Waals surface area contributed by atoms with Crippen LogP contribution in [0.5, 0.6) is 0 Å². The van der Waals surface area contributed by atoms with Crippen LogP contribution >= 0.6 is 0 Å². The number of allylic oxidation sites excluding steroid dienone is 6. The molecule has 0 saturated heterocycles. The van der Waals surface area contributed by atoms with Crippen LogP contribution in [0.2, 0.25) is 0 Å². The summed E-state index contributed by atoms with van der Waals surface area (Å²) in [5.74, 6) is 2.57. The average molecular weight is 244 g/mol. The number of hydrogen-bond donors (Lipinski definition) is 0. The van der Waals surface area contributed by atoms with Gasteiger partial charge in [-0.25, -0.2) is 0 Å². The van der Waals surface area contributed by atoms with Gasteiger partial charge in [-0.05, 0) is 31.7 Å². The minimum Gasteiger partial charge on any atom is -0.0622 e. The highest BCUT2D eigenvalue weighted by atomic mass is 14.3. The SMILES string of the molecule is CC1=C[CH+]/C(=C\[C]2[CH][CH][CH][C]2c2ccccc2)C=C1. The minimum absolute atomic E-state index is 1.24. The van der Waals surface area contributed by atoms with E-state index in [4.69, 9.17) is 0 Å². The lowest BCUT2D eigenvalue weighted by Crippen LogP contribution is -2.04. The van der Waals surface area contributed by atoms with Crippen molar-refractivity contribution in [1.82, 2.24) is 0 Å². The molecule has 3 rings (SSSR count). The monoisotopic (exact) mass is 244 g/mol. The smallest absolute Gasteiger partial charge is 0.0622 e. The van der Waals surface area contributed by atoms with Crippen LogP contribution in [0.3, 0.4) is 0 Å². The van der Waals surface area contributed by atoms with Crippen LogP contribution in [0.4, 0.5) is 0 Å². The Labute approximate surface area is 116 Å². The second-order valence-corrected chi connectivity index (χ2v) is 4.82. The van der Waals surface area contributed by atoms with Crippen LogP contribution in [0.15, 0.2) is 65.8 Å². The Balaban J connectivity index is 1.78. The molecule has 1 fully saturated rings. The molecule has 91 valence electrons. The predicted molar refractivity (Wildman–Crippen MR) is 80.2 cm³/mol. The Morgan fingerprint density at radius 2 is 1.84 bits per heavy atom. The Morgan fingerprint density at radius 3 is 2.58 bits per heavy atom. The molecule has 2 aliphatic carbocycles. The maximum atomic E-state index is 2.24. The van der Waals surface area contributed by atoms with Gasteiger partial charge in [0, 0.05) is 42.2 Å². The number of benzene rings is 1. The lowest BCUT2D eigenvalue weighted by molar-refractivity contribution is 1.18. The summed E-state index contributed by atoms with van der Waals surface area (Å²) < 4.78 is 0. The van der Waals surface area contributed by atoms with E-state index in [-0.39, 0.29) is 0 Å². The molecule has 0 unspecified atom stereocenters. The van der Waals surface area contributed by atoms with Crippen LogP contribution in [0.25, 0.3) is 0 Å². The fourth-order valence-corrected chi connectivity index (χ4v) is 2.28. The van der Waals surface area contributed by atoms with Crippen LogP contribution in [0.1, 0.15) is 12.5 Å². The van der Waals surface area contributed by atoms with Crippen molar-refractivity contribution in [1.29, 1.82) is 0 Å². The van der Waals surface area contributed by atoms with E-state index in [9.17, 15) is 0 Å². The van der Waals surface area contributed by atoms with Crippen LogP contribution in [-0.4, -0.2) is 0 Å². The molecule has 2 aliphatic rings. The molecule has 0 amide bonds. The van der Waals surface area contributed by atoms with Gasteiger partial charge in [0.2, 0.25) is 0 Å². The third kappa shape index (κ3) is 2.84. The number of hydrogen-bond acceptors (Lipinski definition) is 0. The van der Waals surface area contributed by atoms with Crippen molar-refractivity contribution in [3.8, 4) is 0 Å². The molecule has 0 aromatic heterocycles. The van der Waals surface area contributed by atoms with Gasteiger partial charge in [0.25, 0.3) is 0 Å². The Morgan fingerprint density at radius 1 is 1.00 bits per heavy atom. The summed E-state index contributed by atoms with van der Waals surface area (Å²) in [5.41, 5.74) is 3.81. The van der Waals surface area contributed by atoms with Crippen LogP contribution < -0.4 is 0 Å². The first kappa shape index (κ1) is 12.3. The van der Waals surface area contributed by atoms with Gasteiger partial charge in [-0.15, -0.1) is 0 Å². The van der Waals surface area contributed by atoms with E-state index in [1.165, 1.54) is 28.5 Å². The summed E-state index contributed by atoms with van der Waals surface area (Å²) in [6.07, 6.45) is 17.3. The molecule has 1 aromatic rings. The molecule has 0 bridgehead atoms. The molecule has 0 spiro atoms. The lowest BCUT2D eigenvalue weighted by Gasteiger charge is -2.13. The second kappa shape index (κ2) is 5.52. The Kier molecular flexibility index (Phi) is 3.59. The van der Waals surface area contributed by atoms with E-state index in [1.54, 1.807) is 0 Å². The molecule has 0 heterocycles. The zero-order valence-corrected chi connectivity index (χ0v) is 11.0. The van der Waals surface area contributed by atoms with Crippen molar-refractivity contribution in [2.45, 2.75) is 6.92 Å². The van der Waals surface area contributed by atoms with Gasteiger partial charge in [0.05, 0.1) is 11.5 Å². The van der Waals surface area contributed by atoms with Crippen LogP contribution in [0, 0.1) is 37.5 Å². The summed E-state index contributed by atoms with van der Waals surface area (Å²) in [6, 6.07) is 10.5. The average Bonchev–Trinajstić information content (AvgIpc) is 2.90. The van der Waals surface area contributed by atoms with E-state index in [0.29, 0.717) is 0 Å². The zero-order valence-electron chi connectivity index (χ0n) is 11.0. The molecule has 1 saturated carbocycles. The molecule has 5 radical (unpaired) electrons. The van der Waals surface area contributed by atoms with E-state index < -0.39 is 0 Å². The standard InChI is InChI=1S/C19H16/c1-15-10-12-16(13-11-15)14-18-8-5-9-19(18)17-6-3-2-4-7-17/h2-14H,1H3/q+1. The third-order valence-corrected chi connectivity index (χ3v) is 3.33. The Bertz CT molecular complexity index is 516. The van der Waals surface area contributed by atoms with Crippen molar-refractivity contribution in [3.63, 3.8) is 0 Å². The van der Waals surface area contributed by atoms with Gasteiger partial charge >= 0.3 is 0 Å². The largest absolute Gasteiger partial charge is 0.0924 e. The summed E-state index contributed by atoms with van der Waals surface area (Å²) in [7, 11) is 0. The number of rotatable bonds is 2. The molecular weight excluding hydrogens is 228 g/mol. The fourth-order valence-electron chi connectivity index (χ4n) is 2.28. The minimum atomic E-state index is 1.24. The predicted octanol–water partition coefficient (Wildman–Crippen LogP) is 4.46. The van der Waals surface area contributed by atoms with Crippen molar-refractivity contribution >= 4 is 0 Å². The van der Waals surface area contributed by atoms with E-state index in [2.05, 4.69) is 87.2 Å².